The van der Waals surface area contributed by atoms with Crippen LogP contribution in [-0.4, -0.2) is 35.6 Å². The number of urea groups is 1. The van der Waals surface area contributed by atoms with Gasteiger partial charge in [-0.05, 0) is 23.8 Å². The van der Waals surface area contributed by atoms with Gasteiger partial charge in [0.15, 0.2) is 0 Å². The number of nitrogens with one attached hydrogen (secondary N) is 1. The number of amides is 3. The highest BCUT2D eigenvalue weighted by Crippen LogP contribution is 2.30. The Morgan fingerprint density at radius 1 is 1.33 bits per heavy atom. The standard InChI is InChI=1S/C14H16ClN3O3/c15-10-1-2-11(16)9(7-10)8-18-12(19)14(17-13(18)20)3-5-21-6-4-14/h1-2,7H,3-6,8,16H2,(H,17,20). The van der Waals surface area contributed by atoms with Crippen LogP contribution in [0.5, 0.6) is 0 Å². The normalized spacial score (nSPS) is 20.9. The molecular weight excluding hydrogens is 294 g/mol. The summed E-state index contributed by atoms with van der Waals surface area (Å²) in [6.45, 7) is 1.07. The molecule has 2 aliphatic heterocycles. The van der Waals surface area contributed by atoms with Gasteiger partial charge in [0.1, 0.15) is 5.54 Å². The van der Waals surface area contributed by atoms with Gasteiger partial charge in [0.2, 0.25) is 0 Å². The van der Waals surface area contributed by atoms with Crippen molar-refractivity contribution in [2.45, 2.75) is 24.9 Å². The third-order valence-electron chi connectivity index (χ3n) is 4.03. The van der Waals surface area contributed by atoms with Crippen LogP contribution in [0.3, 0.4) is 0 Å². The number of nitrogens with two attached hydrogens (primary N) is 1. The fourth-order valence-corrected chi connectivity index (χ4v) is 2.95. The maximum absolute atomic E-state index is 12.6. The minimum Gasteiger partial charge on any atom is -0.398 e. The fourth-order valence-electron chi connectivity index (χ4n) is 2.76. The third kappa shape index (κ3) is 2.45. The molecule has 7 heteroatoms. The van der Waals surface area contributed by atoms with Crippen molar-refractivity contribution in [3.05, 3.63) is 28.8 Å². The van der Waals surface area contributed by atoms with E-state index in [1.165, 1.54) is 4.90 Å². The van der Waals surface area contributed by atoms with Crippen LogP contribution in [-0.2, 0) is 16.1 Å². The molecule has 2 saturated heterocycles. The number of ether oxygens (including phenoxy) is 1. The Kier molecular flexibility index (Phi) is 3.51. The lowest BCUT2D eigenvalue weighted by Crippen LogP contribution is -2.51. The van der Waals surface area contributed by atoms with E-state index in [2.05, 4.69) is 5.32 Å². The van der Waals surface area contributed by atoms with Crippen LogP contribution >= 0.6 is 11.6 Å². The Labute approximate surface area is 127 Å². The zero-order valence-corrected chi connectivity index (χ0v) is 12.2. The van der Waals surface area contributed by atoms with Crippen molar-refractivity contribution in [3.8, 4) is 0 Å². The Morgan fingerprint density at radius 3 is 2.76 bits per heavy atom. The lowest BCUT2D eigenvalue weighted by molar-refractivity contribution is -0.134. The Balaban J connectivity index is 1.84. The number of nitrogen functional groups attached to an aromatic ring is 1. The van der Waals surface area contributed by atoms with Crippen molar-refractivity contribution in [1.82, 2.24) is 10.2 Å². The maximum atomic E-state index is 12.6. The molecule has 3 amide bonds. The second kappa shape index (κ2) is 5.20. The first kappa shape index (κ1) is 14.2. The van der Waals surface area contributed by atoms with Gasteiger partial charge in [-0.2, -0.15) is 0 Å². The van der Waals surface area contributed by atoms with E-state index in [1.807, 2.05) is 0 Å². The van der Waals surface area contributed by atoms with Crippen molar-refractivity contribution in [2.24, 2.45) is 0 Å². The second-order valence-electron chi connectivity index (χ2n) is 5.36. The van der Waals surface area contributed by atoms with Gasteiger partial charge in [-0.1, -0.05) is 11.6 Å². The first-order valence-corrected chi connectivity index (χ1v) is 7.15. The summed E-state index contributed by atoms with van der Waals surface area (Å²) in [6, 6.07) is 4.63. The summed E-state index contributed by atoms with van der Waals surface area (Å²) in [5.74, 6) is -0.213. The van der Waals surface area contributed by atoms with Crippen LogP contribution < -0.4 is 11.1 Å². The number of anilines is 1. The Bertz CT molecular complexity index is 599. The predicted molar refractivity (Wildman–Crippen MR) is 77.7 cm³/mol. The van der Waals surface area contributed by atoms with E-state index in [1.54, 1.807) is 18.2 Å². The zero-order chi connectivity index (χ0) is 15.0. The summed E-state index contributed by atoms with van der Waals surface area (Å²) in [6.07, 6.45) is 0.998. The molecule has 0 radical (unpaired) electrons. The highest BCUT2D eigenvalue weighted by Gasteiger charge is 2.51. The molecule has 0 aliphatic carbocycles. The van der Waals surface area contributed by atoms with Gasteiger partial charge in [0.05, 0.1) is 6.54 Å². The van der Waals surface area contributed by atoms with E-state index in [9.17, 15) is 9.59 Å². The Morgan fingerprint density at radius 2 is 2.05 bits per heavy atom. The third-order valence-corrected chi connectivity index (χ3v) is 4.26. The first-order chi connectivity index (χ1) is 10.0. The topological polar surface area (TPSA) is 84.7 Å². The molecule has 3 N–H and O–H groups in total. The molecule has 0 unspecified atom stereocenters. The molecular formula is C14H16ClN3O3. The predicted octanol–water partition coefficient (Wildman–Crippen LogP) is 1.52. The summed E-state index contributed by atoms with van der Waals surface area (Å²) >= 11 is 5.94. The molecule has 1 aromatic rings. The molecule has 2 heterocycles. The van der Waals surface area contributed by atoms with Gasteiger partial charge in [0, 0.05) is 36.8 Å². The SMILES string of the molecule is Nc1ccc(Cl)cc1CN1C(=O)NC2(CCOCC2)C1=O. The summed E-state index contributed by atoms with van der Waals surface area (Å²) < 4.78 is 5.27. The van der Waals surface area contributed by atoms with Crippen molar-refractivity contribution in [2.75, 3.05) is 18.9 Å². The number of carbonyl (C=O) groups is 2. The number of rotatable bonds is 2. The average Bonchev–Trinajstić information content (AvgIpc) is 2.68. The molecule has 6 nitrogen and oxygen atoms in total. The molecule has 1 spiro atoms. The van der Waals surface area contributed by atoms with Crippen LogP contribution in [0, 0.1) is 0 Å². The fraction of sp³-hybridized carbons (Fsp3) is 0.429. The van der Waals surface area contributed by atoms with Crippen LogP contribution in [0.2, 0.25) is 5.02 Å². The first-order valence-electron chi connectivity index (χ1n) is 6.78. The van der Waals surface area contributed by atoms with Gasteiger partial charge in [0.25, 0.3) is 5.91 Å². The average molecular weight is 310 g/mol. The number of carbonyl (C=O) groups excluding carboxylic acids is 2. The Hall–Kier alpha value is -1.79. The summed E-state index contributed by atoms with van der Waals surface area (Å²) in [7, 11) is 0. The molecule has 3 rings (SSSR count). The van der Waals surface area contributed by atoms with E-state index in [4.69, 9.17) is 22.1 Å². The van der Waals surface area contributed by atoms with Crippen molar-refractivity contribution in [3.63, 3.8) is 0 Å². The quantitative estimate of drug-likeness (QED) is 0.641. The van der Waals surface area contributed by atoms with Crippen LogP contribution in [0.15, 0.2) is 18.2 Å². The molecule has 1 aromatic carbocycles. The van der Waals surface area contributed by atoms with Crippen LogP contribution in [0.4, 0.5) is 10.5 Å². The smallest absolute Gasteiger partial charge is 0.325 e. The molecule has 21 heavy (non-hydrogen) atoms. The second-order valence-corrected chi connectivity index (χ2v) is 5.80. The number of halogens is 1. The van der Waals surface area contributed by atoms with Crippen LogP contribution in [0.1, 0.15) is 18.4 Å². The largest absolute Gasteiger partial charge is 0.398 e. The highest BCUT2D eigenvalue weighted by atomic mass is 35.5. The van der Waals surface area contributed by atoms with E-state index < -0.39 is 5.54 Å². The van der Waals surface area contributed by atoms with Gasteiger partial charge in [-0.15, -0.1) is 0 Å². The molecule has 0 atom stereocenters. The molecule has 112 valence electrons. The van der Waals surface area contributed by atoms with Crippen molar-refractivity contribution >= 4 is 29.2 Å². The minimum atomic E-state index is -0.817. The van der Waals surface area contributed by atoms with E-state index >= 15 is 0 Å². The zero-order valence-electron chi connectivity index (χ0n) is 11.4. The number of imide groups is 1. The monoisotopic (exact) mass is 309 g/mol. The van der Waals surface area contributed by atoms with Gasteiger partial charge in [-0.3, -0.25) is 9.69 Å². The van der Waals surface area contributed by atoms with Crippen molar-refractivity contribution < 1.29 is 14.3 Å². The summed E-state index contributed by atoms with van der Waals surface area (Å²) in [5.41, 5.74) is 6.23. The van der Waals surface area contributed by atoms with E-state index in [0.29, 0.717) is 42.3 Å². The van der Waals surface area contributed by atoms with Gasteiger partial charge < -0.3 is 15.8 Å². The van der Waals surface area contributed by atoms with Crippen LogP contribution in [0.25, 0.3) is 0 Å². The lowest BCUT2D eigenvalue weighted by atomic mass is 9.90. The number of hydrogen-bond donors (Lipinski definition) is 2. The molecule has 0 bridgehead atoms. The summed E-state index contributed by atoms with van der Waals surface area (Å²) in [5, 5.41) is 3.33. The van der Waals surface area contributed by atoms with E-state index in [0.717, 1.165) is 0 Å². The summed E-state index contributed by atoms with van der Waals surface area (Å²) in [4.78, 5) is 25.9. The number of benzene rings is 1. The molecule has 0 saturated carbocycles. The number of hydrogen-bond acceptors (Lipinski definition) is 4. The molecule has 2 aliphatic rings. The number of nitrogens with zero attached hydrogens (tertiary/aromatic N) is 1. The van der Waals surface area contributed by atoms with E-state index in [-0.39, 0.29) is 18.5 Å². The maximum Gasteiger partial charge on any atom is 0.325 e. The molecule has 0 aromatic heterocycles. The molecule has 2 fully saturated rings. The minimum absolute atomic E-state index is 0.125. The van der Waals surface area contributed by atoms with Gasteiger partial charge >= 0.3 is 6.03 Å². The van der Waals surface area contributed by atoms with Crippen molar-refractivity contribution in [1.29, 1.82) is 0 Å². The highest BCUT2D eigenvalue weighted by molar-refractivity contribution is 6.30. The lowest BCUT2D eigenvalue weighted by Gasteiger charge is -2.30. The van der Waals surface area contributed by atoms with Gasteiger partial charge in [-0.25, -0.2) is 4.79 Å².